The molecule has 0 aliphatic carbocycles. The van der Waals surface area contributed by atoms with Crippen LogP contribution in [0.25, 0.3) is 11.0 Å². The molecule has 1 heterocycles. The van der Waals surface area contributed by atoms with E-state index < -0.39 is 6.10 Å². The average Bonchev–Trinajstić information content (AvgIpc) is 3.30. The summed E-state index contributed by atoms with van der Waals surface area (Å²) in [7, 11) is 0. The largest absolute Gasteiger partial charge is 0.460 e. The second-order valence-corrected chi connectivity index (χ2v) is 11.6. The number of rotatable bonds is 18. The van der Waals surface area contributed by atoms with Crippen molar-refractivity contribution >= 4 is 22.5 Å². The van der Waals surface area contributed by atoms with Crippen molar-refractivity contribution in [1.82, 2.24) is 4.90 Å². The Morgan fingerprint density at radius 2 is 1.50 bits per heavy atom. The lowest BCUT2D eigenvalue weighted by atomic mass is 9.94. The van der Waals surface area contributed by atoms with Gasteiger partial charge in [-0.25, -0.2) is 0 Å². The Morgan fingerprint density at radius 1 is 0.875 bits per heavy atom. The zero-order valence-electron chi connectivity index (χ0n) is 25.3. The lowest BCUT2D eigenvalue weighted by Crippen LogP contribution is -2.35. The molecule has 0 saturated heterocycles. The maximum absolute atomic E-state index is 13.8. The number of aliphatic hydroxyl groups is 1. The van der Waals surface area contributed by atoms with Crippen LogP contribution in [0.15, 0.2) is 46.9 Å². The van der Waals surface area contributed by atoms with Crippen LogP contribution in [-0.2, 0) is 12.8 Å². The van der Waals surface area contributed by atoms with E-state index in [1.807, 2.05) is 50.2 Å². The number of hydrogen-bond donors (Lipinski definition) is 1. The Labute approximate surface area is 241 Å². The molecule has 0 aliphatic heterocycles. The molecule has 0 amide bonds. The topological polar surface area (TPSA) is 70.8 Å². The first-order valence-electron chi connectivity index (χ1n) is 15.4. The fourth-order valence-electron chi connectivity index (χ4n) is 5.20. The van der Waals surface area contributed by atoms with Gasteiger partial charge in [-0.2, -0.15) is 0 Å². The highest BCUT2D eigenvalue weighted by Crippen LogP contribution is 2.31. The van der Waals surface area contributed by atoms with Gasteiger partial charge in [0.2, 0.25) is 0 Å². The Hall–Kier alpha value is -2.76. The summed E-state index contributed by atoms with van der Waals surface area (Å²) in [5.74, 6) is 0.948. The summed E-state index contributed by atoms with van der Waals surface area (Å²) in [6.07, 6.45) is 7.75. The highest BCUT2D eigenvalue weighted by Gasteiger charge is 2.23. The molecular weight excluding hydrogens is 498 g/mol. The highest BCUT2D eigenvalue weighted by molar-refractivity contribution is 6.17. The predicted molar refractivity (Wildman–Crippen MR) is 164 cm³/mol. The van der Waals surface area contributed by atoms with Crippen molar-refractivity contribution in [2.24, 2.45) is 5.92 Å². The molecule has 1 unspecified atom stereocenters. The summed E-state index contributed by atoms with van der Waals surface area (Å²) in [6.45, 7) is 13.3. The van der Waals surface area contributed by atoms with Gasteiger partial charge in [0.15, 0.2) is 11.6 Å². The molecule has 1 N–H and O–H groups in total. The van der Waals surface area contributed by atoms with Gasteiger partial charge >= 0.3 is 0 Å². The fraction of sp³-hybridized carbons (Fsp3) is 0.543. The molecule has 5 heteroatoms. The van der Waals surface area contributed by atoms with Crippen LogP contribution in [-0.4, -0.2) is 47.3 Å². The second kappa shape index (κ2) is 15.9. The number of aryl methyl sites for hydroxylation is 1. The maximum Gasteiger partial charge on any atom is 0.197 e. The normalized spacial score (nSPS) is 12.5. The number of nitrogens with zero attached hydrogens (tertiary/aromatic N) is 1. The highest BCUT2D eigenvalue weighted by atomic mass is 16.3. The van der Waals surface area contributed by atoms with Crippen LogP contribution in [0.2, 0.25) is 0 Å². The summed E-state index contributed by atoms with van der Waals surface area (Å²) < 4.78 is 6.16. The fourth-order valence-corrected chi connectivity index (χ4v) is 5.20. The van der Waals surface area contributed by atoms with Crippen LogP contribution in [0, 0.1) is 5.92 Å². The number of benzene rings is 2. The Kier molecular flexibility index (Phi) is 12.6. The van der Waals surface area contributed by atoms with E-state index in [2.05, 4.69) is 25.7 Å². The van der Waals surface area contributed by atoms with Gasteiger partial charge in [0, 0.05) is 35.9 Å². The molecule has 0 saturated carbocycles. The molecular formula is C35H49NO4. The number of aliphatic hydroxyl groups excluding tert-OH is 1. The van der Waals surface area contributed by atoms with Crippen LogP contribution in [0.3, 0.4) is 0 Å². The molecule has 0 bridgehead atoms. The van der Waals surface area contributed by atoms with E-state index in [-0.39, 0.29) is 17.5 Å². The summed E-state index contributed by atoms with van der Waals surface area (Å²) >= 11 is 0. The number of Topliss-reactive ketones (excluding diaryl/α,β-unsaturated/α-hetero) is 1. The molecule has 1 aromatic heterocycles. The maximum atomic E-state index is 13.8. The first-order chi connectivity index (χ1) is 19.3. The van der Waals surface area contributed by atoms with Gasteiger partial charge in [0.05, 0.1) is 11.7 Å². The minimum absolute atomic E-state index is 0.0810. The number of furan rings is 1. The van der Waals surface area contributed by atoms with Crippen molar-refractivity contribution in [1.29, 1.82) is 0 Å². The van der Waals surface area contributed by atoms with Gasteiger partial charge in [-0.1, -0.05) is 78.1 Å². The van der Waals surface area contributed by atoms with E-state index >= 15 is 0 Å². The molecule has 0 aliphatic rings. The third-order valence-electron chi connectivity index (χ3n) is 7.47. The molecule has 0 fully saturated rings. The summed E-state index contributed by atoms with van der Waals surface area (Å²) in [6, 6.07) is 13.1. The van der Waals surface area contributed by atoms with E-state index in [1.165, 1.54) is 0 Å². The van der Waals surface area contributed by atoms with Crippen LogP contribution in [0.4, 0.5) is 0 Å². The number of carbonyl (C=O) groups is 2. The Morgan fingerprint density at radius 3 is 2.10 bits per heavy atom. The average molecular weight is 548 g/mol. The lowest BCUT2D eigenvalue weighted by molar-refractivity contribution is 0.0966. The van der Waals surface area contributed by atoms with Crippen LogP contribution in [0.1, 0.15) is 117 Å². The SMILES string of the molecule is CCCCc1oc2ccc(C(=O)CC(C)C)cc2c1C(=O)c1ccc(CC(O)CN(CCCC)CCCC)cc1. The van der Waals surface area contributed by atoms with E-state index in [9.17, 15) is 14.7 Å². The molecule has 5 nitrogen and oxygen atoms in total. The van der Waals surface area contributed by atoms with E-state index in [0.29, 0.717) is 59.2 Å². The number of ketones is 2. The van der Waals surface area contributed by atoms with Crippen molar-refractivity contribution in [3.05, 3.63) is 70.5 Å². The summed E-state index contributed by atoms with van der Waals surface area (Å²) in [4.78, 5) is 29.0. The van der Waals surface area contributed by atoms with Crippen LogP contribution in [0.5, 0.6) is 0 Å². The van der Waals surface area contributed by atoms with Crippen molar-refractivity contribution in [2.45, 2.75) is 98.5 Å². The van der Waals surface area contributed by atoms with E-state index in [4.69, 9.17) is 4.42 Å². The van der Waals surface area contributed by atoms with Gasteiger partial charge in [-0.3, -0.25) is 9.59 Å². The third-order valence-corrected chi connectivity index (χ3v) is 7.47. The van der Waals surface area contributed by atoms with E-state index in [1.54, 1.807) is 6.07 Å². The predicted octanol–water partition coefficient (Wildman–Crippen LogP) is 8.04. The van der Waals surface area contributed by atoms with Crippen molar-refractivity contribution < 1.29 is 19.1 Å². The number of hydrogen-bond acceptors (Lipinski definition) is 5. The van der Waals surface area contributed by atoms with Gasteiger partial charge in [0.1, 0.15) is 11.3 Å². The molecule has 3 rings (SSSR count). The lowest BCUT2D eigenvalue weighted by Gasteiger charge is -2.25. The first-order valence-corrected chi connectivity index (χ1v) is 15.4. The van der Waals surface area contributed by atoms with Gasteiger partial charge in [-0.05, 0) is 68.5 Å². The van der Waals surface area contributed by atoms with Crippen molar-refractivity contribution in [2.75, 3.05) is 19.6 Å². The molecule has 1 atom stereocenters. The standard InChI is InChI=1S/C35H49NO4/c1-6-9-12-33-34(30-23-28(17-18-32(30)40-33)31(38)21-25(4)5)35(39)27-15-13-26(14-16-27)22-29(37)24-36(19-10-7-2)20-11-8-3/h13-18,23,25,29,37H,6-12,19-22,24H2,1-5H3. The minimum atomic E-state index is -0.449. The third kappa shape index (κ3) is 8.87. The van der Waals surface area contributed by atoms with Gasteiger partial charge < -0.3 is 14.4 Å². The Balaban J connectivity index is 1.81. The minimum Gasteiger partial charge on any atom is -0.460 e. The summed E-state index contributed by atoms with van der Waals surface area (Å²) in [5, 5.41) is 11.5. The van der Waals surface area contributed by atoms with Gasteiger partial charge in [0.25, 0.3) is 0 Å². The zero-order valence-corrected chi connectivity index (χ0v) is 25.3. The number of carbonyl (C=O) groups excluding carboxylic acids is 2. The Bertz CT molecular complexity index is 1220. The molecule has 3 aromatic rings. The monoisotopic (exact) mass is 547 g/mol. The second-order valence-electron chi connectivity index (χ2n) is 11.6. The molecule has 0 radical (unpaired) electrons. The van der Waals surface area contributed by atoms with Crippen molar-refractivity contribution in [3.8, 4) is 0 Å². The molecule has 40 heavy (non-hydrogen) atoms. The first kappa shape index (κ1) is 31.8. The zero-order chi connectivity index (χ0) is 29.1. The summed E-state index contributed by atoms with van der Waals surface area (Å²) in [5.41, 5.74) is 3.43. The molecule has 0 spiro atoms. The molecule has 2 aromatic carbocycles. The smallest absolute Gasteiger partial charge is 0.197 e. The number of unbranched alkanes of at least 4 members (excludes halogenated alkanes) is 3. The van der Waals surface area contributed by atoms with E-state index in [0.717, 1.165) is 57.2 Å². The van der Waals surface area contributed by atoms with Crippen LogP contribution >= 0.6 is 0 Å². The quantitative estimate of drug-likeness (QED) is 0.163. The van der Waals surface area contributed by atoms with Crippen molar-refractivity contribution in [3.63, 3.8) is 0 Å². The van der Waals surface area contributed by atoms with Crippen LogP contribution < -0.4 is 0 Å². The molecule has 218 valence electrons. The number of fused-ring (bicyclic) bond motifs is 1. The van der Waals surface area contributed by atoms with Gasteiger partial charge in [-0.15, -0.1) is 0 Å².